The number of hydrogen-bond donors (Lipinski definition) is 2. The molecule has 0 aliphatic heterocycles. The minimum atomic E-state index is -0.788. The summed E-state index contributed by atoms with van der Waals surface area (Å²) in [5.41, 5.74) is 0.351. The Morgan fingerprint density at radius 3 is 2.45 bits per heavy atom. The first-order valence-corrected chi connectivity index (χ1v) is 6.96. The SMILES string of the molecule is CC(C)(C)[C@H](NC(=O)OCc1ccccc1)C(=O)NCC#N. The summed E-state index contributed by atoms with van der Waals surface area (Å²) < 4.78 is 5.11. The topological polar surface area (TPSA) is 91.2 Å². The quantitative estimate of drug-likeness (QED) is 0.814. The molecule has 0 bridgehead atoms. The molecule has 1 atom stereocenters. The fourth-order valence-electron chi connectivity index (χ4n) is 1.79. The van der Waals surface area contributed by atoms with Crippen molar-refractivity contribution in [2.24, 2.45) is 5.41 Å². The van der Waals surface area contributed by atoms with E-state index in [-0.39, 0.29) is 13.2 Å². The fraction of sp³-hybridized carbons (Fsp3) is 0.438. The maximum atomic E-state index is 12.0. The van der Waals surface area contributed by atoms with Crippen LogP contribution >= 0.6 is 0 Å². The second kappa shape index (κ2) is 8.03. The van der Waals surface area contributed by atoms with Crippen molar-refractivity contribution in [1.82, 2.24) is 10.6 Å². The van der Waals surface area contributed by atoms with Gasteiger partial charge in [-0.05, 0) is 11.0 Å². The molecule has 0 spiro atoms. The van der Waals surface area contributed by atoms with Crippen LogP contribution in [-0.2, 0) is 16.1 Å². The van der Waals surface area contributed by atoms with E-state index in [9.17, 15) is 9.59 Å². The Kier molecular flexibility index (Phi) is 6.39. The molecule has 118 valence electrons. The normalized spacial score (nSPS) is 11.9. The van der Waals surface area contributed by atoms with Gasteiger partial charge in [-0.1, -0.05) is 51.1 Å². The highest BCUT2D eigenvalue weighted by Crippen LogP contribution is 2.19. The zero-order chi connectivity index (χ0) is 16.6. The number of ether oxygens (including phenoxy) is 1. The molecule has 2 N–H and O–H groups in total. The van der Waals surface area contributed by atoms with Gasteiger partial charge >= 0.3 is 6.09 Å². The summed E-state index contributed by atoms with van der Waals surface area (Å²) in [6.45, 7) is 5.48. The molecule has 6 heteroatoms. The van der Waals surface area contributed by atoms with E-state index in [0.717, 1.165) is 5.56 Å². The third-order valence-corrected chi connectivity index (χ3v) is 2.94. The van der Waals surface area contributed by atoms with Crippen LogP contribution in [0.5, 0.6) is 0 Å². The number of rotatable bonds is 5. The summed E-state index contributed by atoms with van der Waals surface area (Å²) in [4.78, 5) is 23.9. The highest BCUT2D eigenvalue weighted by molar-refractivity contribution is 5.86. The molecule has 0 saturated carbocycles. The van der Waals surface area contributed by atoms with Gasteiger partial charge in [-0.3, -0.25) is 4.79 Å². The van der Waals surface area contributed by atoms with E-state index < -0.39 is 23.5 Å². The molecular weight excluding hydrogens is 282 g/mol. The van der Waals surface area contributed by atoms with E-state index in [1.807, 2.05) is 57.2 Å². The number of carbonyl (C=O) groups excluding carboxylic acids is 2. The first-order chi connectivity index (χ1) is 10.3. The Hall–Kier alpha value is -2.55. The molecule has 0 fully saturated rings. The number of alkyl carbamates (subject to hydrolysis) is 1. The van der Waals surface area contributed by atoms with Crippen LogP contribution < -0.4 is 10.6 Å². The zero-order valence-corrected chi connectivity index (χ0v) is 13.1. The maximum absolute atomic E-state index is 12.0. The van der Waals surface area contributed by atoms with Crippen LogP contribution in [0.25, 0.3) is 0 Å². The number of carbonyl (C=O) groups is 2. The molecule has 1 aromatic carbocycles. The van der Waals surface area contributed by atoms with Crippen molar-refractivity contribution in [1.29, 1.82) is 5.26 Å². The van der Waals surface area contributed by atoms with Gasteiger partial charge in [0, 0.05) is 0 Å². The summed E-state index contributed by atoms with van der Waals surface area (Å²) >= 11 is 0. The third-order valence-electron chi connectivity index (χ3n) is 2.94. The molecule has 0 aromatic heterocycles. The lowest BCUT2D eigenvalue weighted by molar-refractivity contribution is -0.125. The van der Waals surface area contributed by atoms with E-state index in [1.165, 1.54) is 0 Å². The average molecular weight is 303 g/mol. The first kappa shape index (κ1) is 17.5. The summed E-state index contributed by atoms with van der Waals surface area (Å²) in [6.07, 6.45) is -0.670. The molecule has 0 radical (unpaired) electrons. The van der Waals surface area contributed by atoms with Gasteiger partial charge in [-0.25, -0.2) is 4.79 Å². The van der Waals surface area contributed by atoms with E-state index >= 15 is 0 Å². The van der Waals surface area contributed by atoms with Gasteiger partial charge in [0.05, 0.1) is 6.07 Å². The molecule has 1 rings (SSSR count). The number of nitrogens with one attached hydrogen (secondary N) is 2. The lowest BCUT2D eigenvalue weighted by atomic mass is 9.86. The van der Waals surface area contributed by atoms with Crippen LogP contribution in [0.15, 0.2) is 30.3 Å². The van der Waals surface area contributed by atoms with Crippen LogP contribution in [0.3, 0.4) is 0 Å². The molecule has 2 amide bonds. The average Bonchev–Trinajstić information content (AvgIpc) is 2.48. The molecule has 0 saturated heterocycles. The predicted molar refractivity (Wildman–Crippen MR) is 81.6 cm³/mol. The van der Waals surface area contributed by atoms with Gasteiger partial charge in [0.15, 0.2) is 0 Å². The monoisotopic (exact) mass is 303 g/mol. The molecular formula is C16H21N3O3. The van der Waals surface area contributed by atoms with E-state index in [0.29, 0.717) is 0 Å². The van der Waals surface area contributed by atoms with Crippen molar-refractivity contribution in [3.05, 3.63) is 35.9 Å². The van der Waals surface area contributed by atoms with Crippen LogP contribution in [0.4, 0.5) is 4.79 Å². The Labute approximate surface area is 130 Å². The van der Waals surface area contributed by atoms with Crippen molar-refractivity contribution in [2.45, 2.75) is 33.4 Å². The maximum Gasteiger partial charge on any atom is 0.408 e. The Bertz CT molecular complexity index is 544. The highest BCUT2D eigenvalue weighted by atomic mass is 16.5. The van der Waals surface area contributed by atoms with Gasteiger partial charge in [0.1, 0.15) is 19.2 Å². The lowest BCUT2D eigenvalue weighted by Gasteiger charge is -2.29. The van der Waals surface area contributed by atoms with Gasteiger partial charge in [0.2, 0.25) is 5.91 Å². The number of benzene rings is 1. The molecule has 6 nitrogen and oxygen atoms in total. The standard InChI is InChI=1S/C16H21N3O3/c1-16(2,3)13(14(20)18-10-9-17)19-15(21)22-11-12-7-5-4-6-8-12/h4-8,13H,10-11H2,1-3H3,(H,18,20)(H,19,21)/t13-/m1/s1. The zero-order valence-electron chi connectivity index (χ0n) is 13.1. The minimum Gasteiger partial charge on any atom is -0.445 e. The first-order valence-electron chi connectivity index (χ1n) is 6.96. The Balaban J connectivity index is 2.60. The van der Waals surface area contributed by atoms with E-state index in [4.69, 9.17) is 10.00 Å². The number of nitriles is 1. The Morgan fingerprint density at radius 1 is 1.27 bits per heavy atom. The second-order valence-corrected chi connectivity index (χ2v) is 5.88. The smallest absolute Gasteiger partial charge is 0.408 e. The Morgan fingerprint density at radius 2 is 1.91 bits per heavy atom. The molecule has 0 heterocycles. The minimum absolute atomic E-state index is 0.105. The number of nitrogens with zero attached hydrogens (tertiary/aromatic N) is 1. The highest BCUT2D eigenvalue weighted by Gasteiger charge is 2.33. The van der Waals surface area contributed by atoms with Crippen LogP contribution in [0.1, 0.15) is 26.3 Å². The van der Waals surface area contributed by atoms with Crippen LogP contribution in [0, 0.1) is 16.7 Å². The lowest BCUT2D eigenvalue weighted by Crippen LogP contribution is -2.53. The molecule has 0 unspecified atom stereocenters. The van der Waals surface area contributed by atoms with Gasteiger partial charge in [0.25, 0.3) is 0 Å². The molecule has 0 aliphatic rings. The van der Waals surface area contributed by atoms with E-state index in [1.54, 1.807) is 0 Å². The van der Waals surface area contributed by atoms with Gasteiger partial charge < -0.3 is 15.4 Å². The van der Waals surface area contributed by atoms with Crippen molar-refractivity contribution < 1.29 is 14.3 Å². The van der Waals surface area contributed by atoms with Crippen molar-refractivity contribution >= 4 is 12.0 Å². The number of hydrogen-bond acceptors (Lipinski definition) is 4. The van der Waals surface area contributed by atoms with Crippen LogP contribution in [0.2, 0.25) is 0 Å². The summed E-state index contributed by atoms with van der Waals surface area (Å²) in [6, 6.07) is 10.3. The molecule has 1 aromatic rings. The summed E-state index contributed by atoms with van der Waals surface area (Å²) in [7, 11) is 0. The second-order valence-electron chi connectivity index (χ2n) is 5.88. The van der Waals surface area contributed by atoms with Crippen LogP contribution in [-0.4, -0.2) is 24.6 Å². The van der Waals surface area contributed by atoms with Crippen molar-refractivity contribution in [2.75, 3.05) is 6.54 Å². The largest absolute Gasteiger partial charge is 0.445 e. The fourth-order valence-corrected chi connectivity index (χ4v) is 1.79. The van der Waals surface area contributed by atoms with Crippen molar-refractivity contribution in [3.8, 4) is 6.07 Å². The van der Waals surface area contributed by atoms with Gasteiger partial charge in [-0.2, -0.15) is 5.26 Å². The van der Waals surface area contributed by atoms with Gasteiger partial charge in [-0.15, -0.1) is 0 Å². The molecule has 22 heavy (non-hydrogen) atoms. The van der Waals surface area contributed by atoms with E-state index in [2.05, 4.69) is 10.6 Å². The van der Waals surface area contributed by atoms with Crippen molar-refractivity contribution in [3.63, 3.8) is 0 Å². The number of amides is 2. The third kappa shape index (κ3) is 5.83. The summed E-state index contributed by atoms with van der Waals surface area (Å²) in [5, 5.41) is 13.5. The summed E-state index contributed by atoms with van der Waals surface area (Å²) in [5.74, 6) is -0.411. The molecule has 0 aliphatic carbocycles. The predicted octanol–water partition coefficient (Wildman–Crippen LogP) is 1.97.